The lowest BCUT2D eigenvalue weighted by atomic mass is 9.97. The van der Waals surface area contributed by atoms with Crippen molar-refractivity contribution in [2.24, 2.45) is 11.8 Å². The van der Waals surface area contributed by atoms with E-state index in [0.717, 1.165) is 6.61 Å². The summed E-state index contributed by atoms with van der Waals surface area (Å²) in [6.07, 6.45) is 3.80. The topological polar surface area (TPSA) is 18.5 Å². The van der Waals surface area contributed by atoms with Gasteiger partial charge in [0, 0.05) is 5.92 Å². The normalized spacial score (nSPS) is 13.2. The Bertz CT molecular complexity index is 317. The number of hydrogen-bond donors (Lipinski definition) is 0. The molecule has 0 aliphatic rings. The highest BCUT2D eigenvalue weighted by Crippen LogP contribution is 2.14. The van der Waals surface area contributed by atoms with Crippen LogP contribution >= 0.6 is 0 Å². The molecule has 1 atom stereocenters. The van der Waals surface area contributed by atoms with Gasteiger partial charge in [-0.1, -0.05) is 44.2 Å². The molecular weight excluding hydrogens is 212 g/mol. The first-order valence-corrected chi connectivity index (χ1v) is 6.05. The summed E-state index contributed by atoms with van der Waals surface area (Å²) in [5, 5.41) is 0. The standard InChI is InChI=1S/C15H22O2/c1-13(2)15(9-10-16-3)12-17-11-14-7-5-4-6-8-14/h4-10,13,15H,11-12H2,1-3H3/b10-9+/t15-/m1/s1. The average Bonchev–Trinajstić information content (AvgIpc) is 2.34. The van der Waals surface area contributed by atoms with Gasteiger partial charge < -0.3 is 9.47 Å². The first-order valence-electron chi connectivity index (χ1n) is 6.05. The molecule has 1 rings (SSSR count). The summed E-state index contributed by atoms with van der Waals surface area (Å²) in [5.41, 5.74) is 1.21. The van der Waals surface area contributed by atoms with E-state index in [0.29, 0.717) is 18.4 Å². The molecule has 0 heterocycles. The summed E-state index contributed by atoms with van der Waals surface area (Å²) >= 11 is 0. The average molecular weight is 234 g/mol. The molecule has 0 fully saturated rings. The first kappa shape index (κ1) is 13.8. The Morgan fingerprint density at radius 3 is 2.47 bits per heavy atom. The lowest BCUT2D eigenvalue weighted by molar-refractivity contribution is 0.0863. The summed E-state index contributed by atoms with van der Waals surface area (Å²) < 4.78 is 10.7. The molecule has 0 unspecified atom stereocenters. The Labute approximate surface area is 104 Å². The van der Waals surface area contributed by atoms with E-state index in [-0.39, 0.29) is 0 Å². The Hall–Kier alpha value is -1.28. The fraction of sp³-hybridized carbons (Fsp3) is 0.467. The van der Waals surface area contributed by atoms with Crippen LogP contribution in [0.3, 0.4) is 0 Å². The van der Waals surface area contributed by atoms with Crippen LogP contribution in [0.25, 0.3) is 0 Å². The molecule has 0 aliphatic heterocycles. The molecule has 1 aromatic carbocycles. The fourth-order valence-corrected chi connectivity index (χ4v) is 1.54. The van der Waals surface area contributed by atoms with Gasteiger partial charge in [0.15, 0.2) is 0 Å². The zero-order valence-corrected chi connectivity index (χ0v) is 10.9. The van der Waals surface area contributed by atoms with Crippen molar-refractivity contribution in [3.8, 4) is 0 Å². The smallest absolute Gasteiger partial charge is 0.0788 e. The van der Waals surface area contributed by atoms with Crippen LogP contribution in [0, 0.1) is 11.8 Å². The SMILES string of the molecule is CO/C=C/[C@H](COCc1ccccc1)C(C)C. The quantitative estimate of drug-likeness (QED) is 0.671. The minimum atomic E-state index is 0.402. The zero-order chi connectivity index (χ0) is 12.5. The summed E-state index contributed by atoms with van der Waals surface area (Å²) in [6, 6.07) is 10.2. The van der Waals surface area contributed by atoms with Gasteiger partial charge in [0.1, 0.15) is 0 Å². The fourth-order valence-electron chi connectivity index (χ4n) is 1.54. The third kappa shape index (κ3) is 5.55. The van der Waals surface area contributed by atoms with Crippen molar-refractivity contribution >= 4 is 0 Å². The Morgan fingerprint density at radius 1 is 1.18 bits per heavy atom. The van der Waals surface area contributed by atoms with Crippen molar-refractivity contribution in [2.45, 2.75) is 20.5 Å². The highest BCUT2D eigenvalue weighted by Gasteiger charge is 2.10. The third-order valence-corrected chi connectivity index (χ3v) is 2.74. The second kappa shape index (κ2) is 7.91. The van der Waals surface area contributed by atoms with Crippen LogP contribution in [0.15, 0.2) is 42.7 Å². The van der Waals surface area contributed by atoms with Gasteiger partial charge in [0.25, 0.3) is 0 Å². The maximum Gasteiger partial charge on any atom is 0.0788 e. The molecule has 2 nitrogen and oxygen atoms in total. The van der Waals surface area contributed by atoms with Crippen LogP contribution in [0.4, 0.5) is 0 Å². The summed E-state index contributed by atoms with van der Waals surface area (Å²) in [4.78, 5) is 0. The maximum absolute atomic E-state index is 5.73. The molecular formula is C15H22O2. The number of benzene rings is 1. The number of rotatable bonds is 7. The van der Waals surface area contributed by atoms with Crippen LogP contribution in [0.1, 0.15) is 19.4 Å². The van der Waals surface area contributed by atoms with E-state index in [4.69, 9.17) is 9.47 Å². The van der Waals surface area contributed by atoms with Crippen molar-refractivity contribution in [3.63, 3.8) is 0 Å². The summed E-state index contributed by atoms with van der Waals surface area (Å²) in [7, 11) is 1.67. The minimum Gasteiger partial charge on any atom is -0.505 e. The third-order valence-electron chi connectivity index (χ3n) is 2.74. The van der Waals surface area contributed by atoms with Gasteiger partial charge in [0.2, 0.25) is 0 Å². The molecule has 0 bridgehead atoms. The molecule has 0 aromatic heterocycles. The van der Waals surface area contributed by atoms with E-state index in [1.165, 1.54) is 5.56 Å². The number of hydrogen-bond acceptors (Lipinski definition) is 2. The molecule has 0 aliphatic carbocycles. The number of ether oxygens (including phenoxy) is 2. The van der Waals surface area contributed by atoms with E-state index in [1.54, 1.807) is 13.4 Å². The monoisotopic (exact) mass is 234 g/mol. The number of methoxy groups -OCH3 is 1. The largest absolute Gasteiger partial charge is 0.505 e. The molecule has 17 heavy (non-hydrogen) atoms. The molecule has 0 spiro atoms. The van der Waals surface area contributed by atoms with Crippen molar-refractivity contribution in [2.75, 3.05) is 13.7 Å². The van der Waals surface area contributed by atoms with Crippen molar-refractivity contribution in [3.05, 3.63) is 48.2 Å². The molecule has 0 amide bonds. The summed E-state index contributed by atoms with van der Waals surface area (Å²) in [5.74, 6) is 0.954. The molecule has 0 radical (unpaired) electrons. The van der Waals surface area contributed by atoms with Crippen LogP contribution in [0.5, 0.6) is 0 Å². The highest BCUT2D eigenvalue weighted by molar-refractivity contribution is 5.13. The zero-order valence-electron chi connectivity index (χ0n) is 10.9. The highest BCUT2D eigenvalue weighted by atomic mass is 16.5. The van der Waals surface area contributed by atoms with E-state index in [2.05, 4.69) is 32.1 Å². The van der Waals surface area contributed by atoms with Gasteiger partial charge in [-0.3, -0.25) is 0 Å². The van der Waals surface area contributed by atoms with E-state index < -0.39 is 0 Å². The molecule has 2 heteroatoms. The van der Waals surface area contributed by atoms with Gasteiger partial charge in [0.05, 0.1) is 26.6 Å². The van der Waals surface area contributed by atoms with Gasteiger partial charge in [-0.05, 0) is 17.6 Å². The van der Waals surface area contributed by atoms with E-state index in [1.807, 2.05) is 18.2 Å². The lowest BCUT2D eigenvalue weighted by Gasteiger charge is -2.16. The van der Waals surface area contributed by atoms with Gasteiger partial charge in [-0.2, -0.15) is 0 Å². The lowest BCUT2D eigenvalue weighted by Crippen LogP contribution is -2.13. The van der Waals surface area contributed by atoms with Crippen LogP contribution in [-0.2, 0) is 16.1 Å². The molecule has 0 saturated carbocycles. The predicted octanol–water partition coefficient (Wildman–Crippen LogP) is 3.64. The molecule has 0 N–H and O–H groups in total. The second-order valence-electron chi connectivity index (χ2n) is 4.47. The van der Waals surface area contributed by atoms with Crippen molar-refractivity contribution < 1.29 is 9.47 Å². The predicted molar refractivity (Wildman–Crippen MR) is 70.6 cm³/mol. The Kier molecular flexibility index (Phi) is 6.41. The minimum absolute atomic E-state index is 0.402. The Morgan fingerprint density at radius 2 is 1.88 bits per heavy atom. The van der Waals surface area contributed by atoms with E-state index >= 15 is 0 Å². The van der Waals surface area contributed by atoms with Gasteiger partial charge in [-0.15, -0.1) is 0 Å². The summed E-state index contributed by atoms with van der Waals surface area (Å²) in [6.45, 7) is 5.78. The molecule has 0 saturated heterocycles. The van der Waals surface area contributed by atoms with Gasteiger partial charge >= 0.3 is 0 Å². The van der Waals surface area contributed by atoms with Gasteiger partial charge in [-0.25, -0.2) is 0 Å². The molecule has 1 aromatic rings. The Balaban J connectivity index is 2.35. The van der Waals surface area contributed by atoms with E-state index in [9.17, 15) is 0 Å². The molecule has 94 valence electrons. The van der Waals surface area contributed by atoms with Crippen molar-refractivity contribution in [1.29, 1.82) is 0 Å². The van der Waals surface area contributed by atoms with Crippen LogP contribution < -0.4 is 0 Å². The second-order valence-corrected chi connectivity index (χ2v) is 4.47. The van der Waals surface area contributed by atoms with Crippen LogP contribution in [0.2, 0.25) is 0 Å². The van der Waals surface area contributed by atoms with Crippen LogP contribution in [-0.4, -0.2) is 13.7 Å². The maximum atomic E-state index is 5.73. The van der Waals surface area contributed by atoms with Crippen molar-refractivity contribution in [1.82, 2.24) is 0 Å². The first-order chi connectivity index (χ1) is 8.24.